The van der Waals surface area contributed by atoms with Crippen LogP contribution < -0.4 is 10.6 Å². The normalized spacial score (nSPS) is 20.5. The molecule has 100 valence electrons. The zero-order valence-corrected chi connectivity index (χ0v) is 11.3. The second kappa shape index (κ2) is 8.48. The van der Waals surface area contributed by atoms with Crippen molar-refractivity contribution in [1.29, 1.82) is 0 Å². The lowest BCUT2D eigenvalue weighted by Crippen LogP contribution is -2.38. The first-order chi connectivity index (χ1) is 8.26. The second-order valence-electron chi connectivity index (χ2n) is 4.81. The summed E-state index contributed by atoms with van der Waals surface area (Å²) in [5.74, 6) is 0.912. The van der Waals surface area contributed by atoms with Crippen LogP contribution in [0.4, 0.5) is 0 Å². The Kier molecular flexibility index (Phi) is 7.21. The molecule has 0 radical (unpaired) electrons. The minimum Gasteiger partial charge on any atom is -0.355 e. The van der Waals surface area contributed by atoms with E-state index >= 15 is 0 Å². The maximum absolute atomic E-state index is 11.6. The highest BCUT2D eigenvalue weighted by molar-refractivity contribution is 5.77. The van der Waals surface area contributed by atoms with Crippen LogP contribution in [0.25, 0.3) is 0 Å². The molecule has 1 heterocycles. The van der Waals surface area contributed by atoms with Gasteiger partial charge in [0.25, 0.3) is 0 Å². The number of hydrogen-bond donors (Lipinski definition) is 2. The maximum atomic E-state index is 11.6. The third-order valence-electron chi connectivity index (χ3n) is 3.54. The van der Waals surface area contributed by atoms with Crippen LogP contribution in [-0.2, 0) is 4.79 Å². The van der Waals surface area contributed by atoms with Crippen LogP contribution >= 0.6 is 0 Å². The van der Waals surface area contributed by atoms with Crippen molar-refractivity contribution < 1.29 is 4.79 Å². The summed E-state index contributed by atoms with van der Waals surface area (Å²) in [6.07, 6.45) is 3.69. The zero-order valence-electron chi connectivity index (χ0n) is 11.3. The van der Waals surface area contributed by atoms with E-state index in [2.05, 4.69) is 29.4 Å². The number of nitrogens with zero attached hydrogens (tertiary/aromatic N) is 1. The van der Waals surface area contributed by atoms with Crippen molar-refractivity contribution >= 4 is 5.91 Å². The van der Waals surface area contributed by atoms with Crippen LogP contribution in [0.3, 0.4) is 0 Å². The number of piperidine rings is 1. The van der Waals surface area contributed by atoms with Gasteiger partial charge in [-0.15, -0.1) is 0 Å². The Morgan fingerprint density at radius 1 is 1.41 bits per heavy atom. The standard InChI is InChI=1S/C13H27N3O/c1-3-16(4-2)11-13(17)15-9-7-12-6-5-8-14-10-12/h12,14H,3-11H2,1-2H3,(H,15,17). The first kappa shape index (κ1) is 14.5. The van der Waals surface area contributed by atoms with Crippen molar-refractivity contribution in [2.45, 2.75) is 33.1 Å². The third-order valence-corrected chi connectivity index (χ3v) is 3.54. The summed E-state index contributed by atoms with van der Waals surface area (Å²) < 4.78 is 0. The molecule has 4 heteroatoms. The van der Waals surface area contributed by atoms with E-state index in [1.165, 1.54) is 12.8 Å². The monoisotopic (exact) mass is 241 g/mol. The predicted molar refractivity (Wildman–Crippen MR) is 71.0 cm³/mol. The van der Waals surface area contributed by atoms with Crippen molar-refractivity contribution in [1.82, 2.24) is 15.5 Å². The molecule has 1 amide bonds. The third kappa shape index (κ3) is 6.03. The number of nitrogens with one attached hydrogen (secondary N) is 2. The molecule has 0 aromatic rings. The highest BCUT2D eigenvalue weighted by Crippen LogP contribution is 2.12. The van der Waals surface area contributed by atoms with Crippen LogP contribution in [-0.4, -0.2) is 50.1 Å². The van der Waals surface area contributed by atoms with Crippen LogP contribution in [0.1, 0.15) is 33.1 Å². The second-order valence-corrected chi connectivity index (χ2v) is 4.81. The Morgan fingerprint density at radius 3 is 2.76 bits per heavy atom. The van der Waals surface area contributed by atoms with Crippen LogP contribution in [0, 0.1) is 5.92 Å². The average molecular weight is 241 g/mol. The summed E-state index contributed by atoms with van der Waals surface area (Å²) in [6, 6.07) is 0. The van der Waals surface area contributed by atoms with E-state index in [1.807, 2.05) is 0 Å². The molecular formula is C13H27N3O. The Balaban J connectivity index is 2.06. The van der Waals surface area contributed by atoms with Crippen LogP contribution in [0.15, 0.2) is 0 Å². The molecule has 0 saturated carbocycles. The van der Waals surface area contributed by atoms with Crippen molar-refractivity contribution in [2.75, 3.05) is 39.3 Å². The van der Waals surface area contributed by atoms with Crippen LogP contribution in [0.2, 0.25) is 0 Å². The smallest absolute Gasteiger partial charge is 0.234 e. The predicted octanol–water partition coefficient (Wildman–Crippen LogP) is 0.834. The molecule has 1 fully saturated rings. The summed E-state index contributed by atoms with van der Waals surface area (Å²) in [5, 5.41) is 6.42. The SMILES string of the molecule is CCN(CC)CC(=O)NCCC1CCCNC1. The van der Waals surface area contributed by atoms with Gasteiger partial charge >= 0.3 is 0 Å². The van der Waals surface area contributed by atoms with Gasteiger partial charge in [-0.2, -0.15) is 0 Å². The fraction of sp³-hybridized carbons (Fsp3) is 0.923. The number of hydrogen-bond acceptors (Lipinski definition) is 3. The maximum Gasteiger partial charge on any atom is 0.234 e. The van der Waals surface area contributed by atoms with Crippen molar-refractivity contribution in [2.24, 2.45) is 5.92 Å². The molecular weight excluding hydrogens is 214 g/mol. The quantitative estimate of drug-likeness (QED) is 0.694. The minimum absolute atomic E-state index is 0.164. The van der Waals surface area contributed by atoms with E-state index in [1.54, 1.807) is 0 Å². The lowest BCUT2D eigenvalue weighted by molar-refractivity contribution is -0.122. The molecule has 1 saturated heterocycles. The lowest BCUT2D eigenvalue weighted by Gasteiger charge is -2.23. The van der Waals surface area contributed by atoms with E-state index in [4.69, 9.17) is 0 Å². The van der Waals surface area contributed by atoms with Gasteiger partial charge in [-0.05, 0) is 51.4 Å². The molecule has 1 unspecified atom stereocenters. The summed E-state index contributed by atoms with van der Waals surface area (Å²) in [6.45, 7) is 9.70. The van der Waals surface area contributed by atoms with Gasteiger partial charge in [0.05, 0.1) is 6.54 Å². The van der Waals surface area contributed by atoms with E-state index in [9.17, 15) is 4.79 Å². The fourth-order valence-corrected chi connectivity index (χ4v) is 2.29. The Morgan fingerprint density at radius 2 is 2.18 bits per heavy atom. The molecule has 0 spiro atoms. The molecule has 0 aromatic heterocycles. The zero-order chi connectivity index (χ0) is 12.5. The van der Waals surface area contributed by atoms with Gasteiger partial charge in [0.15, 0.2) is 0 Å². The fourth-order valence-electron chi connectivity index (χ4n) is 2.29. The molecule has 1 aliphatic rings. The highest BCUT2D eigenvalue weighted by Gasteiger charge is 2.13. The van der Waals surface area contributed by atoms with Gasteiger partial charge in [0, 0.05) is 6.54 Å². The number of carbonyl (C=O) groups is 1. The molecule has 0 aromatic carbocycles. The Hall–Kier alpha value is -0.610. The number of likely N-dealkylation sites (N-methyl/N-ethyl adjacent to an activating group) is 1. The molecule has 4 nitrogen and oxygen atoms in total. The average Bonchev–Trinajstić information content (AvgIpc) is 2.37. The van der Waals surface area contributed by atoms with E-state index in [0.717, 1.165) is 45.1 Å². The summed E-state index contributed by atoms with van der Waals surface area (Å²) in [7, 11) is 0. The van der Waals surface area contributed by atoms with Crippen molar-refractivity contribution in [3.63, 3.8) is 0 Å². The summed E-state index contributed by atoms with van der Waals surface area (Å²) >= 11 is 0. The van der Waals surface area contributed by atoms with Gasteiger partial charge in [-0.3, -0.25) is 9.69 Å². The molecule has 17 heavy (non-hydrogen) atoms. The molecule has 1 rings (SSSR count). The Labute approximate surface area is 105 Å². The van der Waals surface area contributed by atoms with Crippen LogP contribution in [0.5, 0.6) is 0 Å². The first-order valence-corrected chi connectivity index (χ1v) is 6.96. The summed E-state index contributed by atoms with van der Waals surface area (Å²) in [4.78, 5) is 13.8. The minimum atomic E-state index is 0.164. The number of rotatable bonds is 7. The molecule has 1 atom stereocenters. The number of carbonyl (C=O) groups excluding carboxylic acids is 1. The van der Waals surface area contributed by atoms with Gasteiger partial charge in [-0.1, -0.05) is 13.8 Å². The van der Waals surface area contributed by atoms with Crippen molar-refractivity contribution in [3.05, 3.63) is 0 Å². The lowest BCUT2D eigenvalue weighted by atomic mass is 9.96. The molecule has 1 aliphatic heterocycles. The van der Waals surface area contributed by atoms with E-state index in [-0.39, 0.29) is 5.91 Å². The highest BCUT2D eigenvalue weighted by atomic mass is 16.2. The van der Waals surface area contributed by atoms with Gasteiger partial charge in [0.1, 0.15) is 0 Å². The number of amides is 1. The summed E-state index contributed by atoms with van der Waals surface area (Å²) in [5.41, 5.74) is 0. The van der Waals surface area contributed by atoms with Gasteiger partial charge in [0.2, 0.25) is 5.91 Å². The topological polar surface area (TPSA) is 44.4 Å². The molecule has 2 N–H and O–H groups in total. The van der Waals surface area contributed by atoms with E-state index < -0.39 is 0 Å². The van der Waals surface area contributed by atoms with Gasteiger partial charge < -0.3 is 10.6 Å². The Bertz CT molecular complexity index is 211. The molecule has 0 aliphatic carbocycles. The first-order valence-electron chi connectivity index (χ1n) is 6.96. The largest absolute Gasteiger partial charge is 0.355 e. The van der Waals surface area contributed by atoms with E-state index in [0.29, 0.717) is 6.54 Å². The van der Waals surface area contributed by atoms with Crippen molar-refractivity contribution in [3.8, 4) is 0 Å². The van der Waals surface area contributed by atoms with Gasteiger partial charge in [-0.25, -0.2) is 0 Å². The molecule has 0 bridgehead atoms.